The van der Waals surface area contributed by atoms with Crippen LogP contribution < -0.4 is 5.32 Å². The summed E-state index contributed by atoms with van der Waals surface area (Å²) in [5.41, 5.74) is 0.672. The summed E-state index contributed by atoms with van der Waals surface area (Å²) in [4.78, 5) is 2.87. The molecule has 1 aliphatic heterocycles. The molecule has 0 radical (unpaired) electrons. The number of nitrogens with zero attached hydrogens (tertiary/aromatic N) is 1. The first-order chi connectivity index (χ1) is 10.2. The number of piperidine rings is 1. The third-order valence-electron chi connectivity index (χ3n) is 8.11. The summed E-state index contributed by atoms with van der Waals surface area (Å²) in [5, 5.41) is 3.80. The van der Waals surface area contributed by atoms with E-state index in [4.69, 9.17) is 0 Å². The molecule has 118 valence electrons. The van der Waals surface area contributed by atoms with Crippen LogP contribution in [0.3, 0.4) is 0 Å². The summed E-state index contributed by atoms with van der Waals surface area (Å²) in [7, 11) is 2.25. The maximum absolute atomic E-state index is 3.80. The second-order valence-corrected chi connectivity index (χ2v) is 9.41. The van der Waals surface area contributed by atoms with E-state index in [1.807, 2.05) is 0 Å². The fourth-order valence-electron chi connectivity index (χ4n) is 7.68. The van der Waals surface area contributed by atoms with E-state index in [-0.39, 0.29) is 0 Å². The SMILES string of the molecule is CNC(CN1CC2CCC1C2)C12CC3CC(CC(C3)C1)C2. The van der Waals surface area contributed by atoms with Crippen LogP contribution in [0.4, 0.5) is 0 Å². The fraction of sp³-hybridized carbons (Fsp3) is 1.00. The van der Waals surface area contributed by atoms with E-state index in [1.165, 1.54) is 32.4 Å². The molecule has 3 unspecified atom stereocenters. The normalized spacial score (nSPS) is 52.7. The summed E-state index contributed by atoms with van der Waals surface area (Å²) in [6, 6.07) is 1.71. The van der Waals surface area contributed by atoms with Gasteiger partial charge in [-0.2, -0.15) is 0 Å². The quantitative estimate of drug-likeness (QED) is 0.854. The van der Waals surface area contributed by atoms with Gasteiger partial charge in [-0.15, -0.1) is 0 Å². The van der Waals surface area contributed by atoms with E-state index in [2.05, 4.69) is 17.3 Å². The van der Waals surface area contributed by atoms with Crippen molar-refractivity contribution in [2.45, 2.75) is 69.9 Å². The van der Waals surface area contributed by atoms with Crippen LogP contribution in [0.25, 0.3) is 0 Å². The summed E-state index contributed by atoms with van der Waals surface area (Å²) < 4.78 is 0. The standard InChI is InChI=1S/C19H32N2/c1-20-18(12-21-11-13-2-3-17(21)7-13)19-8-14-4-15(9-19)6-16(5-14)10-19/h13-18,20H,2-12H2,1H3. The molecule has 3 atom stereocenters. The molecule has 6 rings (SSSR count). The number of fused-ring (bicyclic) bond motifs is 2. The second-order valence-electron chi connectivity index (χ2n) is 9.41. The minimum atomic E-state index is 0.672. The minimum absolute atomic E-state index is 0.672. The molecule has 6 aliphatic rings. The Hall–Kier alpha value is -0.0800. The molecule has 2 nitrogen and oxygen atoms in total. The monoisotopic (exact) mass is 288 g/mol. The minimum Gasteiger partial charge on any atom is -0.315 e. The molecule has 1 N–H and O–H groups in total. The van der Waals surface area contributed by atoms with Crippen molar-refractivity contribution in [3.63, 3.8) is 0 Å². The van der Waals surface area contributed by atoms with Gasteiger partial charge in [-0.25, -0.2) is 0 Å². The number of hydrogen-bond acceptors (Lipinski definition) is 2. The van der Waals surface area contributed by atoms with E-state index in [1.54, 1.807) is 38.5 Å². The molecular formula is C19H32N2. The summed E-state index contributed by atoms with van der Waals surface area (Å²) in [6.07, 6.45) is 13.9. The van der Waals surface area contributed by atoms with Gasteiger partial charge >= 0.3 is 0 Å². The lowest BCUT2D eigenvalue weighted by atomic mass is 9.47. The summed E-state index contributed by atoms with van der Waals surface area (Å²) in [6.45, 7) is 2.76. The zero-order valence-electron chi connectivity index (χ0n) is 13.7. The maximum Gasteiger partial charge on any atom is 0.0248 e. The van der Waals surface area contributed by atoms with Crippen molar-refractivity contribution in [3.8, 4) is 0 Å². The van der Waals surface area contributed by atoms with Crippen molar-refractivity contribution in [2.24, 2.45) is 29.1 Å². The average molecular weight is 288 g/mol. The third-order valence-corrected chi connectivity index (χ3v) is 8.11. The van der Waals surface area contributed by atoms with Crippen LogP contribution in [0.15, 0.2) is 0 Å². The molecular weight excluding hydrogens is 256 g/mol. The molecule has 5 saturated carbocycles. The number of likely N-dealkylation sites (tertiary alicyclic amines) is 1. The molecule has 1 heterocycles. The van der Waals surface area contributed by atoms with Crippen molar-refractivity contribution in [1.29, 1.82) is 0 Å². The number of hydrogen-bond donors (Lipinski definition) is 1. The highest BCUT2D eigenvalue weighted by atomic mass is 15.2. The van der Waals surface area contributed by atoms with E-state index in [0.29, 0.717) is 5.41 Å². The van der Waals surface area contributed by atoms with Gasteiger partial charge in [0, 0.05) is 25.2 Å². The molecule has 0 aromatic heterocycles. The second kappa shape index (κ2) is 4.71. The van der Waals surface area contributed by atoms with Gasteiger partial charge in [0.1, 0.15) is 0 Å². The Labute approximate surface area is 130 Å². The Balaban J connectivity index is 1.35. The number of likely N-dealkylation sites (N-methyl/N-ethyl adjacent to an activating group) is 1. The Morgan fingerprint density at radius 1 is 0.952 bits per heavy atom. The zero-order chi connectivity index (χ0) is 14.0. The Morgan fingerprint density at radius 3 is 2.10 bits per heavy atom. The lowest BCUT2D eigenvalue weighted by Crippen LogP contribution is -2.59. The fourth-order valence-corrected chi connectivity index (χ4v) is 7.68. The van der Waals surface area contributed by atoms with Gasteiger partial charge in [0.25, 0.3) is 0 Å². The van der Waals surface area contributed by atoms with Crippen LogP contribution in [0.2, 0.25) is 0 Å². The molecule has 2 heteroatoms. The van der Waals surface area contributed by atoms with Gasteiger partial charge in [0.05, 0.1) is 0 Å². The van der Waals surface area contributed by atoms with Crippen LogP contribution in [0.1, 0.15) is 57.8 Å². The molecule has 0 spiro atoms. The first kappa shape index (κ1) is 13.4. The van der Waals surface area contributed by atoms with Gasteiger partial charge in [-0.05, 0) is 93.9 Å². The van der Waals surface area contributed by atoms with Gasteiger partial charge in [-0.3, -0.25) is 4.90 Å². The predicted octanol–water partition coefficient (Wildman–Crippen LogP) is 3.28. The molecule has 6 fully saturated rings. The van der Waals surface area contributed by atoms with Crippen LogP contribution in [0.5, 0.6) is 0 Å². The Bertz CT molecular complexity index is 383. The zero-order valence-corrected chi connectivity index (χ0v) is 13.7. The van der Waals surface area contributed by atoms with Crippen LogP contribution in [-0.2, 0) is 0 Å². The summed E-state index contributed by atoms with van der Waals surface area (Å²) >= 11 is 0. The van der Waals surface area contributed by atoms with Crippen molar-refractivity contribution in [3.05, 3.63) is 0 Å². The third kappa shape index (κ3) is 2.05. The number of rotatable bonds is 4. The number of nitrogens with one attached hydrogen (secondary N) is 1. The molecule has 1 saturated heterocycles. The average Bonchev–Trinajstić information content (AvgIpc) is 3.05. The van der Waals surface area contributed by atoms with Crippen molar-refractivity contribution < 1.29 is 0 Å². The Kier molecular flexibility index (Phi) is 3.00. The lowest BCUT2D eigenvalue weighted by molar-refractivity contribution is -0.0786. The van der Waals surface area contributed by atoms with Crippen LogP contribution in [0, 0.1) is 29.1 Å². The van der Waals surface area contributed by atoms with E-state index in [0.717, 1.165) is 35.8 Å². The highest BCUT2D eigenvalue weighted by Gasteiger charge is 2.54. The first-order valence-corrected chi connectivity index (χ1v) is 9.65. The van der Waals surface area contributed by atoms with Gasteiger partial charge < -0.3 is 5.32 Å². The van der Waals surface area contributed by atoms with E-state index >= 15 is 0 Å². The highest BCUT2D eigenvalue weighted by molar-refractivity contribution is 5.07. The maximum atomic E-state index is 3.80. The largest absolute Gasteiger partial charge is 0.315 e. The van der Waals surface area contributed by atoms with Gasteiger partial charge in [0.2, 0.25) is 0 Å². The smallest absolute Gasteiger partial charge is 0.0248 e. The van der Waals surface area contributed by atoms with Crippen molar-refractivity contribution in [1.82, 2.24) is 10.2 Å². The molecule has 0 aromatic carbocycles. The molecule has 0 amide bonds. The summed E-state index contributed by atoms with van der Waals surface area (Å²) in [5.74, 6) is 4.30. The predicted molar refractivity (Wildman–Crippen MR) is 86.2 cm³/mol. The molecule has 6 bridgehead atoms. The topological polar surface area (TPSA) is 15.3 Å². The first-order valence-electron chi connectivity index (χ1n) is 9.65. The molecule has 5 aliphatic carbocycles. The van der Waals surface area contributed by atoms with Crippen LogP contribution >= 0.6 is 0 Å². The van der Waals surface area contributed by atoms with Gasteiger partial charge in [0.15, 0.2) is 0 Å². The lowest BCUT2D eigenvalue weighted by Gasteiger charge is -2.60. The van der Waals surface area contributed by atoms with Gasteiger partial charge in [-0.1, -0.05) is 0 Å². The molecule has 21 heavy (non-hydrogen) atoms. The molecule has 0 aromatic rings. The van der Waals surface area contributed by atoms with E-state index in [9.17, 15) is 0 Å². The highest BCUT2D eigenvalue weighted by Crippen LogP contribution is 2.61. The van der Waals surface area contributed by atoms with Crippen molar-refractivity contribution >= 4 is 0 Å². The Morgan fingerprint density at radius 2 is 1.62 bits per heavy atom. The van der Waals surface area contributed by atoms with E-state index < -0.39 is 0 Å². The van der Waals surface area contributed by atoms with Crippen molar-refractivity contribution in [2.75, 3.05) is 20.1 Å². The van der Waals surface area contributed by atoms with Crippen LogP contribution in [-0.4, -0.2) is 37.1 Å².